The van der Waals surface area contributed by atoms with Gasteiger partial charge in [-0.15, -0.1) is 23.7 Å². The van der Waals surface area contributed by atoms with Crippen molar-refractivity contribution in [3.05, 3.63) is 16.1 Å². The molecule has 8 heteroatoms. The summed E-state index contributed by atoms with van der Waals surface area (Å²) in [5.74, 6) is 0. The Labute approximate surface area is 127 Å². The van der Waals surface area contributed by atoms with Crippen molar-refractivity contribution in [2.45, 2.75) is 38.5 Å². The van der Waals surface area contributed by atoms with E-state index in [-0.39, 0.29) is 12.4 Å². The minimum atomic E-state index is -4.33. The van der Waals surface area contributed by atoms with Gasteiger partial charge in [0.15, 0.2) is 5.01 Å². The standard InChI is InChI=1S/C12H18F3N3S.ClH/c1-2-5-18(9-3-4-16-6-9)8-10-7-17-11(19-10)12(13,14)15;/h7,9,16H,2-6,8H2,1H3;1H. The number of rotatable bonds is 5. The molecule has 116 valence electrons. The molecule has 0 radical (unpaired) electrons. The minimum Gasteiger partial charge on any atom is -0.315 e. The van der Waals surface area contributed by atoms with Crippen LogP contribution in [0.25, 0.3) is 0 Å². The summed E-state index contributed by atoms with van der Waals surface area (Å²) in [6, 6.07) is 0.427. The molecule has 1 aromatic rings. The minimum absolute atomic E-state index is 0. The fourth-order valence-electron chi connectivity index (χ4n) is 2.34. The molecular formula is C12H19ClF3N3S. The van der Waals surface area contributed by atoms with E-state index in [1.54, 1.807) is 0 Å². The van der Waals surface area contributed by atoms with Crippen LogP contribution in [0.5, 0.6) is 0 Å². The van der Waals surface area contributed by atoms with Crippen LogP contribution in [0.3, 0.4) is 0 Å². The summed E-state index contributed by atoms with van der Waals surface area (Å²) in [4.78, 5) is 6.42. The van der Waals surface area contributed by atoms with Gasteiger partial charge in [-0.05, 0) is 25.9 Å². The molecule has 0 aromatic carbocycles. The van der Waals surface area contributed by atoms with Crippen LogP contribution < -0.4 is 5.32 Å². The van der Waals surface area contributed by atoms with Crippen molar-refractivity contribution in [2.24, 2.45) is 0 Å². The zero-order valence-electron chi connectivity index (χ0n) is 11.2. The highest BCUT2D eigenvalue weighted by Gasteiger charge is 2.34. The van der Waals surface area contributed by atoms with Gasteiger partial charge in [0, 0.05) is 30.2 Å². The first-order valence-electron chi connectivity index (χ1n) is 6.47. The average molecular weight is 330 g/mol. The molecule has 2 rings (SSSR count). The molecule has 1 saturated heterocycles. The highest BCUT2D eigenvalue weighted by atomic mass is 35.5. The Kier molecular flexibility index (Phi) is 6.71. The fraction of sp³-hybridized carbons (Fsp3) is 0.750. The monoisotopic (exact) mass is 329 g/mol. The van der Waals surface area contributed by atoms with E-state index in [1.165, 1.54) is 6.20 Å². The number of nitrogens with zero attached hydrogens (tertiary/aromatic N) is 2. The summed E-state index contributed by atoms with van der Waals surface area (Å²) in [5.41, 5.74) is 0. The van der Waals surface area contributed by atoms with E-state index in [2.05, 4.69) is 22.1 Å². The van der Waals surface area contributed by atoms with Gasteiger partial charge in [-0.25, -0.2) is 4.98 Å². The zero-order valence-corrected chi connectivity index (χ0v) is 12.9. The number of alkyl halides is 3. The SMILES string of the molecule is CCCN(Cc1cnc(C(F)(F)F)s1)C1CCNC1.Cl. The molecule has 2 heterocycles. The van der Waals surface area contributed by atoms with Crippen molar-refractivity contribution >= 4 is 23.7 Å². The maximum Gasteiger partial charge on any atom is 0.443 e. The molecule has 1 atom stereocenters. The summed E-state index contributed by atoms with van der Waals surface area (Å²) in [6.07, 6.45) is -0.904. The van der Waals surface area contributed by atoms with Crippen molar-refractivity contribution in [2.75, 3.05) is 19.6 Å². The van der Waals surface area contributed by atoms with E-state index in [0.29, 0.717) is 17.5 Å². The van der Waals surface area contributed by atoms with Crippen molar-refractivity contribution < 1.29 is 13.2 Å². The smallest absolute Gasteiger partial charge is 0.315 e. The van der Waals surface area contributed by atoms with Crippen LogP contribution in [0.4, 0.5) is 13.2 Å². The van der Waals surface area contributed by atoms with Crippen LogP contribution in [-0.4, -0.2) is 35.6 Å². The molecule has 0 spiro atoms. The molecule has 1 fully saturated rings. The lowest BCUT2D eigenvalue weighted by Gasteiger charge is -2.27. The lowest BCUT2D eigenvalue weighted by molar-refractivity contribution is -0.137. The Morgan fingerprint density at radius 1 is 1.50 bits per heavy atom. The van der Waals surface area contributed by atoms with Crippen molar-refractivity contribution in [1.82, 2.24) is 15.2 Å². The summed E-state index contributed by atoms with van der Waals surface area (Å²) in [6.45, 7) is 5.47. The highest BCUT2D eigenvalue weighted by Crippen LogP contribution is 2.33. The number of aromatic nitrogens is 1. The quantitative estimate of drug-likeness (QED) is 0.899. The van der Waals surface area contributed by atoms with Gasteiger partial charge in [-0.3, -0.25) is 4.90 Å². The molecule has 1 N–H and O–H groups in total. The van der Waals surface area contributed by atoms with Gasteiger partial charge in [0.25, 0.3) is 0 Å². The summed E-state index contributed by atoms with van der Waals surface area (Å²) in [7, 11) is 0. The maximum absolute atomic E-state index is 12.5. The van der Waals surface area contributed by atoms with Crippen molar-refractivity contribution in [1.29, 1.82) is 0 Å². The predicted molar refractivity (Wildman–Crippen MR) is 76.3 cm³/mol. The molecule has 0 aliphatic carbocycles. The Bertz CT molecular complexity index is 405. The van der Waals surface area contributed by atoms with Gasteiger partial charge < -0.3 is 5.32 Å². The molecule has 1 aliphatic rings. The number of hydrogen-bond acceptors (Lipinski definition) is 4. The Morgan fingerprint density at radius 3 is 2.75 bits per heavy atom. The van der Waals surface area contributed by atoms with E-state index in [0.717, 1.165) is 43.8 Å². The summed E-state index contributed by atoms with van der Waals surface area (Å²) >= 11 is 0.755. The second kappa shape index (κ2) is 7.59. The normalized spacial score (nSPS) is 19.4. The largest absolute Gasteiger partial charge is 0.443 e. The van der Waals surface area contributed by atoms with Crippen LogP contribution in [0.2, 0.25) is 0 Å². The highest BCUT2D eigenvalue weighted by molar-refractivity contribution is 7.11. The molecule has 20 heavy (non-hydrogen) atoms. The van der Waals surface area contributed by atoms with Gasteiger partial charge in [0.05, 0.1) is 0 Å². The van der Waals surface area contributed by atoms with Crippen LogP contribution in [0.15, 0.2) is 6.20 Å². The first-order chi connectivity index (χ1) is 9.00. The number of hydrogen-bond donors (Lipinski definition) is 1. The van der Waals surface area contributed by atoms with Crippen molar-refractivity contribution in [3.63, 3.8) is 0 Å². The molecule has 1 aromatic heterocycles. The zero-order chi connectivity index (χ0) is 13.9. The lowest BCUT2D eigenvalue weighted by atomic mass is 10.2. The topological polar surface area (TPSA) is 28.2 Å². The summed E-state index contributed by atoms with van der Waals surface area (Å²) in [5, 5.41) is 2.55. The van der Waals surface area contributed by atoms with Gasteiger partial charge >= 0.3 is 6.18 Å². The van der Waals surface area contributed by atoms with E-state index in [4.69, 9.17) is 0 Å². The third kappa shape index (κ3) is 4.58. The lowest BCUT2D eigenvalue weighted by Crippen LogP contribution is -2.36. The fourth-order valence-corrected chi connectivity index (χ4v) is 3.15. The Morgan fingerprint density at radius 2 is 2.25 bits per heavy atom. The van der Waals surface area contributed by atoms with Gasteiger partial charge in [-0.1, -0.05) is 6.92 Å². The van der Waals surface area contributed by atoms with Crippen LogP contribution in [-0.2, 0) is 12.7 Å². The maximum atomic E-state index is 12.5. The van der Waals surface area contributed by atoms with E-state index in [9.17, 15) is 13.2 Å². The molecule has 3 nitrogen and oxygen atoms in total. The Hall–Kier alpha value is -0.370. The number of nitrogens with one attached hydrogen (secondary N) is 1. The molecule has 0 saturated carbocycles. The van der Waals surface area contributed by atoms with Gasteiger partial charge in [0.1, 0.15) is 0 Å². The second-order valence-electron chi connectivity index (χ2n) is 4.75. The first kappa shape index (κ1) is 17.7. The molecule has 1 aliphatic heterocycles. The molecule has 1 unspecified atom stereocenters. The Balaban J connectivity index is 0.00000200. The molecule has 0 bridgehead atoms. The van der Waals surface area contributed by atoms with Crippen LogP contribution >= 0.6 is 23.7 Å². The third-order valence-electron chi connectivity index (χ3n) is 3.22. The van der Waals surface area contributed by atoms with Gasteiger partial charge in [-0.2, -0.15) is 13.2 Å². The number of halogens is 4. The van der Waals surface area contributed by atoms with E-state index < -0.39 is 11.2 Å². The molecular weight excluding hydrogens is 311 g/mol. The third-order valence-corrected chi connectivity index (χ3v) is 4.24. The van der Waals surface area contributed by atoms with Gasteiger partial charge in [0.2, 0.25) is 0 Å². The van der Waals surface area contributed by atoms with Crippen LogP contribution in [0, 0.1) is 0 Å². The van der Waals surface area contributed by atoms with Crippen LogP contribution in [0.1, 0.15) is 29.7 Å². The average Bonchev–Trinajstić information content (AvgIpc) is 2.98. The summed E-state index contributed by atoms with van der Waals surface area (Å²) < 4.78 is 37.5. The first-order valence-corrected chi connectivity index (χ1v) is 7.29. The van der Waals surface area contributed by atoms with Crippen molar-refractivity contribution in [3.8, 4) is 0 Å². The number of thiazole rings is 1. The van der Waals surface area contributed by atoms with E-state index >= 15 is 0 Å². The molecule has 0 amide bonds. The predicted octanol–water partition coefficient (Wildman–Crippen LogP) is 3.16. The second-order valence-corrected chi connectivity index (χ2v) is 5.86. The van der Waals surface area contributed by atoms with E-state index in [1.807, 2.05) is 0 Å².